The van der Waals surface area contributed by atoms with Crippen molar-refractivity contribution >= 4 is 48.9 Å². The summed E-state index contributed by atoms with van der Waals surface area (Å²) in [5.74, 6) is -0.534. The Labute approximate surface area is 130 Å². The van der Waals surface area contributed by atoms with Crippen molar-refractivity contribution in [2.24, 2.45) is 0 Å². The van der Waals surface area contributed by atoms with Gasteiger partial charge < -0.3 is 5.11 Å². The van der Waals surface area contributed by atoms with Crippen molar-refractivity contribution in [2.45, 2.75) is 9.58 Å². The number of carbonyl (C=O) groups is 1. The first kappa shape index (κ1) is 16.7. The van der Waals surface area contributed by atoms with E-state index in [9.17, 15) is 21.6 Å². The second-order valence-electron chi connectivity index (χ2n) is 4.40. The lowest BCUT2D eigenvalue weighted by Crippen LogP contribution is -2.49. The van der Waals surface area contributed by atoms with Crippen LogP contribution in [0.2, 0.25) is 0 Å². The molecule has 1 N–H and O–H groups in total. The van der Waals surface area contributed by atoms with E-state index in [-0.39, 0.29) is 21.4 Å². The Morgan fingerprint density at radius 2 is 2.00 bits per heavy atom. The normalized spacial score (nSPS) is 21.3. The first-order valence-electron chi connectivity index (χ1n) is 5.75. The quantitative estimate of drug-likeness (QED) is 0.823. The van der Waals surface area contributed by atoms with Gasteiger partial charge in [0.25, 0.3) is 10.0 Å². The molecule has 21 heavy (non-hydrogen) atoms. The highest BCUT2D eigenvalue weighted by molar-refractivity contribution is 8.01. The van der Waals surface area contributed by atoms with Crippen molar-refractivity contribution in [2.75, 3.05) is 24.3 Å². The Balaban J connectivity index is 2.43. The lowest BCUT2D eigenvalue weighted by molar-refractivity contribution is 0.0702. The fourth-order valence-electron chi connectivity index (χ4n) is 1.87. The molecule has 1 unspecified atom stereocenters. The Hall–Kier alpha value is -0.620. The maximum atomic E-state index is 12.5. The van der Waals surface area contributed by atoms with Crippen molar-refractivity contribution in [1.29, 1.82) is 0 Å². The second-order valence-corrected chi connectivity index (χ2v) is 11.0. The predicted molar refractivity (Wildman–Crippen MR) is 81.1 cm³/mol. The van der Waals surface area contributed by atoms with Gasteiger partial charge in [-0.15, -0.1) is 11.3 Å². The van der Waals surface area contributed by atoms with Gasteiger partial charge in [0, 0.05) is 24.3 Å². The van der Waals surface area contributed by atoms with Crippen LogP contribution in [0, 0.1) is 0 Å². The van der Waals surface area contributed by atoms with Crippen molar-refractivity contribution < 1.29 is 26.7 Å². The van der Waals surface area contributed by atoms with E-state index in [4.69, 9.17) is 5.11 Å². The average Bonchev–Trinajstić information content (AvgIpc) is 2.88. The number of hydrogen-bond donors (Lipinski definition) is 1. The van der Waals surface area contributed by atoms with E-state index in [0.29, 0.717) is 17.1 Å². The molecule has 0 radical (unpaired) electrons. The molecule has 0 bridgehead atoms. The van der Waals surface area contributed by atoms with Crippen LogP contribution in [-0.2, 0) is 19.9 Å². The minimum Gasteiger partial charge on any atom is -0.477 e. The molecule has 1 aromatic heterocycles. The molecule has 0 aromatic carbocycles. The number of carboxylic acid groups (broad SMARTS) is 1. The van der Waals surface area contributed by atoms with Gasteiger partial charge in [0.2, 0.25) is 0 Å². The molecule has 1 saturated heterocycles. The molecule has 1 aromatic rings. The van der Waals surface area contributed by atoms with Crippen molar-refractivity contribution in [3.05, 3.63) is 17.0 Å². The fourth-order valence-corrected chi connectivity index (χ4v) is 8.31. The minimum absolute atomic E-state index is 0.0883. The zero-order chi connectivity index (χ0) is 15.8. The maximum Gasteiger partial charge on any atom is 0.345 e. The van der Waals surface area contributed by atoms with Gasteiger partial charge in [-0.1, -0.05) is 0 Å². The molecule has 1 fully saturated rings. The van der Waals surface area contributed by atoms with Gasteiger partial charge in [-0.05, 0) is 12.1 Å². The highest BCUT2D eigenvalue weighted by Crippen LogP contribution is 2.30. The van der Waals surface area contributed by atoms with Gasteiger partial charge in [-0.25, -0.2) is 21.6 Å². The van der Waals surface area contributed by atoms with Gasteiger partial charge in [0.05, 0.1) is 0 Å². The highest BCUT2D eigenvalue weighted by Gasteiger charge is 2.40. The molecule has 1 aliphatic rings. The van der Waals surface area contributed by atoms with Crippen LogP contribution in [0.25, 0.3) is 0 Å². The molecule has 0 spiro atoms. The molecular weight excluding hydrogens is 358 g/mol. The number of thiophene rings is 1. The van der Waals surface area contributed by atoms with Crippen LogP contribution >= 0.6 is 23.1 Å². The van der Waals surface area contributed by atoms with Crippen LogP contribution in [0.4, 0.5) is 0 Å². The summed E-state index contributed by atoms with van der Waals surface area (Å²) in [5.41, 5.74) is 0. The highest BCUT2D eigenvalue weighted by atomic mass is 32.2. The summed E-state index contributed by atoms with van der Waals surface area (Å²) in [7, 11) is -7.57. The number of sulfonamides is 1. The summed E-state index contributed by atoms with van der Waals surface area (Å²) < 4.78 is 49.5. The summed E-state index contributed by atoms with van der Waals surface area (Å²) in [5, 5.41) is 7.74. The number of rotatable bonds is 4. The SMILES string of the molecule is CS(=O)(=O)C1CSCCN1S(=O)(=O)c1ccc(C(=O)O)s1. The van der Waals surface area contributed by atoms with Crippen LogP contribution in [-0.4, -0.2) is 61.9 Å². The monoisotopic (exact) mass is 371 g/mol. The van der Waals surface area contributed by atoms with E-state index in [2.05, 4.69) is 0 Å². The smallest absolute Gasteiger partial charge is 0.345 e. The van der Waals surface area contributed by atoms with Gasteiger partial charge in [-0.2, -0.15) is 16.1 Å². The summed E-state index contributed by atoms with van der Waals surface area (Å²) in [6, 6.07) is 2.40. The molecule has 0 saturated carbocycles. The summed E-state index contributed by atoms with van der Waals surface area (Å²) in [6.07, 6.45) is 1.00. The molecule has 11 heteroatoms. The van der Waals surface area contributed by atoms with Crippen molar-refractivity contribution in [1.82, 2.24) is 4.31 Å². The van der Waals surface area contributed by atoms with Gasteiger partial charge in [0.15, 0.2) is 9.84 Å². The molecule has 1 atom stereocenters. The number of hydrogen-bond acceptors (Lipinski definition) is 7. The predicted octanol–water partition coefficient (Wildman–Crippen LogP) is 0.554. The molecule has 118 valence electrons. The maximum absolute atomic E-state index is 12.5. The van der Waals surface area contributed by atoms with Crippen molar-refractivity contribution in [3.8, 4) is 0 Å². The molecule has 7 nitrogen and oxygen atoms in total. The van der Waals surface area contributed by atoms with Crippen LogP contribution in [0.15, 0.2) is 16.3 Å². The third kappa shape index (κ3) is 3.42. The second kappa shape index (κ2) is 5.88. The minimum atomic E-state index is -4.01. The summed E-state index contributed by atoms with van der Waals surface area (Å²) in [6.45, 7) is 0.0883. The van der Waals surface area contributed by atoms with Gasteiger partial charge >= 0.3 is 5.97 Å². The van der Waals surface area contributed by atoms with Crippen LogP contribution in [0.1, 0.15) is 9.67 Å². The molecule has 0 amide bonds. The molecule has 1 aliphatic heterocycles. The fraction of sp³-hybridized carbons (Fsp3) is 0.500. The third-order valence-electron chi connectivity index (χ3n) is 2.89. The third-order valence-corrected chi connectivity index (χ3v) is 9.11. The van der Waals surface area contributed by atoms with E-state index in [1.54, 1.807) is 0 Å². The van der Waals surface area contributed by atoms with E-state index >= 15 is 0 Å². The molecule has 2 rings (SSSR count). The lowest BCUT2D eigenvalue weighted by atomic mass is 10.5. The Kier molecular flexibility index (Phi) is 4.69. The van der Waals surface area contributed by atoms with E-state index in [1.807, 2.05) is 0 Å². The lowest BCUT2D eigenvalue weighted by Gasteiger charge is -2.32. The molecular formula is C10H13NO6S4. The van der Waals surface area contributed by atoms with E-state index < -0.39 is 31.2 Å². The largest absolute Gasteiger partial charge is 0.477 e. The standard InChI is InChI=1S/C10H13NO6S4/c1-20(14,15)8-6-18-5-4-11(8)21(16,17)9-3-2-7(19-9)10(12)13/h2-3,8H,4-6H2,1H3,(H,12,13). The zero-order valence-electron chi connectivity index (χ0n) is 10.9. The summed E-state index contributed by atoms with van der Waals surface area (Å²) in [4.78, 5) is 10.7. The number of sulfone groups is 1. The summed E-state index contributed by atoms with van der Waals surface area (Å²) >= 11 is 2.00. The topological polar surface area (TPSA) is 109 Å². The van der Waals surface area contributed by atoms with Crippen LogP contribution in [0.5, 0.6) is 0 Å². The van der Waals surface area contributed by atoms with Gasteiger partial charge in [-0.3, -0.25) is 0 Å². The zero-order valence-corrected chi connectivity index (χ0v) is 14.2. The van der Waals surface area contributed by atoms with Crippen LogP contribution < -0.4 is 0 Å². The Morgan fingerprint density at radius 3 is 2.52 bits per heavy atom. The first-order chi connectivity index (χ1) is 9.64. The number of carboxylic acids is 1. The Morgan fingerprint density at radius 1 is 1.33 bits per heavy atom. The number of thioether (sulfide) groups is 1. The average molecular weight is 371 g/mol. The van der Waals surface area contributed by atoms with Crippen molar-refractivity contribution in [3.63, 3.8) is 0 Å². The molecule has 0 aliphatic carbocycles. The first-order valence-corrected chi connectivity index (χ1v) is 11.1. The number of aromatic carboxylic acids is 1. The Bertz CT molecular complexity index is 750. The molecule has 2 heterocycles. The van der Waals surface area contributed by atoms with Gasteiger partial charge in [0.1, 0.15) is 14.5 Å². The number of nitrogens with zero attached hydrogens (tertiary/aromatic N) is 1. The van der Waals surface area contributed by atoms with E-state index in [0.717, 1.165) is 10.6 Å². The van der Waals surface area contributed by atoms with Crippen LogP contribution in [0.3, 0.4) is 0 Å². The van der Waals surface area contributed by atoms with E-state index in [1.165, 1.54) is 23.9 Å².